The molecule has 0 saturated heterocycles. The van der Waals surface area contributed by atoms with Gasteiger partial charge >= 0.3 is 10.2 Å². The van der Waals surface area contributed by atoms with Gasteiger partial charge in [0.05, 0.1) is 12.8 Å². The zero-order valence-corrected chi connectivity index (χ0v) is 18.0. The highest BCUT2D eigenvalue weighted by Crippen LogP contribution is 2.32. The molecule has 2 aromatic rings. The molecule has 3 rings (SSSR count). The number of unbranched alkanes of at least 4 members (excludes halogenated alkanes) is 1. The number of carbonyl (C=O) groups is 1. The fourth-order valence-electron chi connectivity index (χ4n) is 3.06. The number of hydrogen-bond acceptors (Lipinski definition) is 7. The number of phenols is 2. The van der Waals surface area contributed by atoms with Gasteiger partial charge in [-0.05, 0) is 49.1 Å². The predicted molar refractivity (Wildman–Crippen MR) is 118 cm³/mol. The van der Waals surface area contributed by atoms with Crippen molar-refractivity contribution in [3.05, 3.63) is 60.1 Å². The topological polar surface area (TPSA) is 148 Å². The number of amides is 1. The second kappa shape index (κ2) is 10.1. The first-order chi connectivity index (χ1) is 15.2. The Labute approximate surface area is 185 Å². The van der Waals surface area contributed by atoms with E-state index in [0.717, 1.165) is 23.3 Å². The van der Waals surface area contributed by atoms with Crippen LogP contribution in [0.1, 0.15) is 24.8 Å². The van der Waals surface area contributed by atoms with Crippen LogP contribution >= 0.6 is 0 Å². The van der Waals surface area contributed by atoms with E-state index < -0.39 is 16.1 Å². The van der Waals surface area contributed by atoms with Gasteiger partial charge in [-0.15, -0.1) is 0 Å². The molecule has 0 aliphatic carbocycles. The Hall–Kier alpha value is -3.60. The molecule has 11 heteroatoms. The molecule has 32 heavy (non-hydrogen) atoms. The molecule has 1 aliphatic rings. The van der Waals surface area contributed by atoms with E-state index in [1.165, 1.54) is 18.2 Å². The molecule has 0 radical (unpaired) electrons. The molecule has 2 aromatic carbocycles. The SMILES string of the molecule is O=C(CCc1ccc(N2C=C(O)NS2(=O)=O)c(O)c1)NCCCCOc1cccc(O)c1. The normalized spacial score (nSPS) is 14.5. The fraction of sp³-hybridized carbons (Fsp3) is 0.286. The highest BCUT2D eigenvalue weighted by atomic mass is 32.2. The highest BCUT2D eigenvalue weighted by molar-refractivity contribution is 7.91. The number of aliphatic hydroxyl groups excluding tert-OH is 1. The summed E-state index contributed by atoms with van der Waals surface area (Å²) in [7, 11) is -3.99. The number of ether oxygens (including phenoxy) is 1. The van der Waals surface area contributed by atoms with Crippen molar-refractivity contribution in [2.45, 2.75) is 25.7 Å². The lowest BCUT2D eigenvalue weighted by atomic mass is 10.1. The Bertz CT molecular complexity index is 1100. The quantitative estimate of drug-likeness (QED) is 0.339. The number of nitrogens with one attached hydrogen (secondary N) is 2. The minimum absolute atomic E-state index is 0.0114. The van der Waals surface area contributed by atoms with Gasteiger partial charge in [0.2, 0.25) is 11.8 Å². The van der Waals surface area contributed by atoms with Crippen LogP contribution in [0.4, 0.5) is 5.69 Å². The molecule has 0 aromatic heterocycles. The molecule has 172 valence electrons. The van der Waals surface area contributed by atoms with Crippen LogP contribution in [0, 0.1) is 0 Å². The number of aryl methyl sites for hydroxylation is 1. The smallest absolute Gasteiger partial charge is 0.330 e. The summed E-state index contributed by atoms with van der Waals surface area (Å²) in [6.45, 7) is 0.974. The van der Waals surface area contributed by atoms with Crippen LogP contribution in [-0.4, -0.2) is 42.8 Å². The standard InChI is InChI=1S/C21H25N3O7S/c25-16-4-3-5-17(13-16)31-11-2-1-10-22-20(27)9-7-15-6-8-18(19(26)12-15)24-14-21(28)23-32(24,29)30/h3-6,8,12-14,23,25-26,28H,1-2,7,9-11H2,(H,22,27). The largest absolute Gasteiger partial charge is 0.508 e. The van der Waals surface area contributed by atoms with Crippen LogP contribution in [0.5, 0.6) is 17.2 Å². The van der Waals surface area contributed by atoms with Gasteiger partial charge in [-0.3, -0.25) is 4.79 Å². The zero-order valence-electron chi connectivity index (χ0n) is 17.2. The second-order valence-corrected chi connectivity index (χ2v) is 8.69. The third-order valence-corrected chi connectivity index (χ3v) is 5.92. The maximum absolute atomic E-state index is 12.0. The van der Waals surface area contributed by atoms with Gasteiger partial charge in [-0.1, -0.05) is 12.1 Å². The monoisotopic (exact) mass is 463 g/mol. The molecule has 1 amide bonds. The number of nitrogens with zero attached hydrogens (tertiary/aromatic N) is 1. The van der Waals surface area contributed by atoms with Gasteiger partial charge in [-0.25, -0.2) is 9.03 Å². The van der Waals surface area contributed by atoms with E-state index in [0.29, 0.717) is 30.9 Å². The molecular formula is C21H25N3O7S. The molecular weight excluding hydrogens is 438 g/mol. The number of hydrogen-bond donors (Lipinski definition) is 5. The summed E-state index contributed by atoms with van der Waals surface area (Å²) in [6.07, 6.45) is 3.00. The molecule has 5 N–H and O–H groups in total. The Morgan fingerprint density at radius 3 is 2.59 bits per heavy atom. The second-order valence-electron chi connectivity index (χ2n) is 7.14. The predicted octanol–water partition coefficient (Wildman–Crippen LogP) is 2.02. The zero-order chi connectivity index (χ0) is 23.1. The van der Waals surface area contributed by atoms with E-state index in [1.807, 2.05) is 4.72 Å². The van der Waals surface area contributed by atoms with Crippen molar-refractivity contribution in [2.75, 3.05) is 17.5 Å². The number of anilines is 1. The maximum Gasteiger partial charge on any atom is 0.330 e. The molecule has 0 atom stereocenters. The van der Waals surface area contributed by atoms with Gasteiger partial charge in [0.1, 0.15) is 22.9 Å². The van der Waals surface area contributed by atoms with E-state index in [2.05, 4.69) is 5.32 Å². The summed E-state index contributed by atoms with van der Waals surface area (Å²) >= 11 is 0. The average Bonchev–Trinajstić information content (AvgIpc) is 3.01. The van der Waals surface area contributed by atoms with Gasteiger partial charge in [-0.2, -0.15) is 8.42 Å². The van der Waals surface area contributed by atoms with E-state index in [1.54, 1.807) is 24.3 Å². The summed E-state index contributed by atoms with van der Waals surface area (Å²) in [5.41, 5.74) is 0.654. The summed E-state index contributed by atoms with van der Waals surface area (Å²) in [4.78, 5) is 12.0. The molecule has 0 unspecified atom stereocenters. The fourth-order valence-corrected chi connectivity index (χ4v) is 4.13. The van der Waals surface area contributed by atoms with Crippen LogP contribution in [0.15, 0.2) is 54.5 Å². The highest BCUT2D eigenvalue weighted by Gasteiger charge is 2.30. The lowest BCUT2D eigenvalue weighted by Crippen LogP contribution is -2.29. The van der Waals surface area contributed by atoms with Gasteiger partial charge in [0.15, 0.2) is 0 Å². The van der Waals surface area contributed by atoms with E-state index in [4.69, 9.17) is 4.74 Å². The Morgan fingerprint density at radius 2 is 1.91 bits per heavy atom. The molecule has 0 bridgehead atoms. The first-order valence-electron chi connectivity index (χ1n) is 9.98. The van der Waals surface area contributed by atoms with Crippen LogP contribution in [-0.2, 0) is 21.4 Å². The van der Waals surface area contributed by atoms with Crippen molar-refractivity contribution in [1.82, 2.24) is 10.0 Å². The molecule has 1 heterocycles. The van der Waals surface area contributed by atoms with Gasteiger partial charge in [0.25, 0.3) is 0 Å². The van der Waals surface area contributed by atoms with Crippen LogP contribution in [0.2, 0.25) is 0 Å². The average molecular weight is 464 g/mol. The van der Waals surface area contributed by atoms with Crippen molar-refractivity contribution in [3.63, 3.8) is 0 Å². The molecule has 10 nitrogen and oxygen atoms in total. The summed E-state index contributed by atoms with van der Waals surface area (Å²) in [5.74, 6) is -0.231. The summed E-state index contributed by atoms with van der Waals surface area (Å²) < 4.78 is 31.9. The third kappa shape index (κ3) is 6.20. The summed E-state index contributed by atoms with van der Waals surface area (Å²) in [6, 6.07) is 11.0. The van der Waals surface area contributed by atoms with E-state index >= 15 is 0 Å². The lowest BCUT2D eigenvalue weighted by Gasteiger charge is -2.16. The van der Waals surface area contributed by atoms with E-state index in [-0.39, 0.29) is 29.5 Å². The molecule has 1 aliphatic heterocycles. The molecule has 0 spiro atoms. The minimum Gasteiger partial charge on any atom is -0.508 e. The number of benzene rings is 2. The number of carbonyl (C=O) groups excluding carboxylic acids is 1. The first-order valence-corrected chi connectivity index (χ1v) is 11.4. The maximum atomic E-state index is 12.0. The third-order valence-electron chi connectivity index (χ3n) is 4.63. The van der Waals surface area contributed by atoms with Crippen molar-refractivity contribution in [3.8, 4) is 17.2 Å². The van der Waals surface area contributed by atoms with Crippen molar-refractivity contribution >= 4 is 21.8 Å². The van der Waals surface area contributed by atoms with Crippen LogP contribution in [0.3, 0.4) is 0 Å². The Kier molecular flexibility index (Phi) is 7.31. The number of aliphatic hydroxyl groups is 1. The summed E-state index contributed by atoms with van der Waals surface area (Å²) in [5, 5.41) is 31.7. The van der Waals surface area contributed by atoms with Gasteiger partial charge in [0, 0.05) is 19.0 Å². The van der Waals surface area contributed by atoms with E-state index in [9.17, 15) is 28.5 Å². The molecule has 0 saturated carbocycles. The lowest BCUT2D eigenvalue weighted by molar-refractivity contribution is -0.121. The van der Waals surface area contributed by atoms with Crippen molar-refractivity contribution in [1.29, 1.82) is 0 Å². The first kappa shape index (κ1) is 23.1. The van der Waals surface area contributed by atoms with Crippen molar-refractivity contribution in [2.24, 2.45) is 0 Å². The number of phenolic OH excluding ortho intramolecular Hbond substituents is 2. The van der Waals surface area contributed by atoms with Crippen LogP contribution in [0.25, 0.3) is 0 Å². The number of rotatable bonds is 10. The Balaban J connectivity index is 1.37. The van der Waals surface area contributed by atoms with Crippen molar-refractivity contribution < 1.29 is 33.3 Å². The minimum atomic E-state index is -3.99. The number of aromatic hydroxyl groups is 2. The Morgan fingerprint density at radius 1 is 1.09 bits per heavy atom. The molecule has 0 fully saturated rings. The van der Waals surface area contributed by atoms with Crippen LogP contribution < -0.4 is 19.1 Å². The van der Waals surface area contributed by atoms with Gasteiger partial charge < -0.3 is 25.4 Å².